The summed E-state index contributed by atoms with van der Waals surface area (Å²) >= 11 is 0. The van der Waals surface area contributed by atoms with Crippen LogP contribution in [0, 0.1) is 20.2 Å². The first kappa shape index (κ1) is 22.9. The van der Waals surface area contributed by atoms with Crippen molar-refractivity contribution in [1.82, 2.24) is 4.72 Å². The normalized spacial score (nSPS) is 13.4. The molecule has 0 atom stereocenters. The second-order valence-electron chi connectivity index (χ2n) is 7.09. The van der Waals surface area contributed by atoms with Crippen molar-refractivity contribution in [3.8, 4) is 0 Å². The molecule has 0 unspecified atom stereocenters. The summed E-state index contributed by atoms with van der Waals surface area (Å²) in [5.74, 6) is -1.76. The molecule has 0 fully saturated rings. The Bertz CT molecular complexity index is 1430. The third kappa shape index (κ3) is 3.55. The van der Waals surface area contributed by atoms with Crippen molar-refractivity contribution >= 4 is 49.7 Å². The van der Waals surface area contributed by atoms with Crippen LogP contribution in [0.2, 0.25) is 0 Å². The van der Waals surface area contributed by atoms with Crippen molar-refractivity contribution in [1.29, 1.82) is 0 Å². The van der Waals surface area contributed by atoms with Gasteiger partial charge < -0.3 is 5.11 Å². The Morgan fingerprint density at radius 3 is 1.76 bits per heavy atom. The number of benzene rings is 3. The zero-order valence-electron chi connectivity index (χ0n) is 17.0. The Balaban J connectivity index is 1.85. The number of carbonyl (C=O) groups is 2. The summed E-state index contributed by atoms with van der Waals surface area (Å²) in [7, 11) is -3.93. The zero-order chi connectivity index (χ0) is 24.8. The predicted octanol–water partition coefficient (Wildman–Crippen LogP) is 1.73. The number of nitrogens with zero attached hydrogens (tertiary/aromatic N) is 3. The second kappa shape index (κ2) is 8.26. The van der Waals surface area contributed by atoms with Gasteiger partial charge >= 0.3 is 0 Å². The summed E-state index contributed by atoms with van der Waals surface area (Å²) in [5, 5.41) is 31.1. The number of aliphatic hydroxyl groups excluding tert-OH is 1. The largest absolute Gasteiger partial charge is 0.395 e. The highest BCUT2D eigenvalue weighted by atomic mass is 32.2. The van der Waals surface area contributed by atoms with Crippen LogP contribution in [-0.2, 0) is 10.0 Å². The monoisotopic (exact) mass is 486 g/mol. The number of hydrogen-bond donors (Lipinski definition) is 2. The number of imide groups is 1. The van der Waals surface area contributed by atoms with Crippen LogP contribution in [0.4, 0.5) is 17.1 Å². The highest BCUT2D eigenvalue weighted by Gasteiger charge is 2.38. The smallest absolute Gasteiger partial charge is 0.284 e. The summed E-state index contributed by atoms with van der Waals surface area (Å²) < 4.78 is 26.5. The minimum Gasteiger partial charge on any atom is -0.395 e. The van der Waals surface area contributed by atoms with Gasteiger partial charge in [-0.3, -0.25) is 29.8 Å². The van der Waals surface area contributed by atoms with E-state index in [1.807, 2.05) is 0 Å². The van der Waals surface area contributed by atoms with Gasteiger partial charge in [-0.15, -0.1) is 0 Å². The lowest BCUT2D eigenvalue weighted by atomic mass is 9.91. The summed E-state index contributed by atoms with van der Waals surface area (Å²) in [6.07, 6.45) is 0. The van der Waals surface area contributed by atoms with Crippen LogP contribution in [0.5, 0.6) is 0 Å². The lowest BCUT2D eigenvalue weighted by molar-refractivity contribution is -0.390. The quantitative estimate of drug-likeness (QED) is 0.284. The average Bonchev–Trinajstić information content (AvgIpc) is 2.80. The SMILES string of the molecule is O=C1c2ccc([N+](=O)[O-])c3c([N+](=O)[O-])ccc(c23)C(=O)N1c1ccc(S(=O)(=O)NCCO)cc1. The molecule has 0 radical (unpaired) electrons. The van der Waals surface area contributed by atoms with E-state index in [0.717, 1.165) is 41.3 Å². The summed E-state index contributed by atoms with van der Waals surface area (Å²) in [4.78, 5) is 48.3. The van der Waals surface area contributed by atoms with Gasteiger partial charge in [0.25, 0.3) is 23.2 Å². The highest BCUT2D eigenvalue weighted by Crippen LogP contribution is 2.41. The van der Waals surface area contributed by atoms with Crippen LogP contribution < -0.4 is 9.62 Å². The van der Waals surface area contributed by atoms with Crippen LogP contribution in [0.1, 0.15) is 20.7 Å². The van der Waals surface area contributed by atoms with Gasteiger partial charge in [0.05, 0.1) is 27.0 Å². The van der Waals surface area contributed by atoms with Gasteiger partial charge in [-0.2, -0.15) is 0 Å². The lowest BCUT2D eigenvalue weighted by Gasteiger charge is -2.27. The molecule has 0 spiro atoms. The van der Waals surface area contributed by atoms with E-state index in [2.05, 4.69) is 4.72 Å². The van der Waals surface area contributed by atoms with Gasteiger partial charge in [-0.05, 0) is 36.4 Å². The van der Waals surface area contributed by atoms with Gasteiger partial charge in [0, 0.05) is 35.2 Å². The summed E-state index contributed by atoms with van der Waals surface area (Å²) in [6.45, 7) is -0.610. The Morgan fingerprint density at radius 2 is 1.32 bits per heavy atom. The average molecular weight is 486 g/mol. The van der Waals surface area contributed by atoms with E-state index < -0.39 is 55.1 Å². The fraction of sp³-hybridized carbons (Fsp3) is 0.100. The molecule has 174 valence electrons. The molecule has 0 saturated carbocycles. The molecule has 0 aliphatic carbocycles. The van der Waals surface area contributed by atoms with Crippen LogP contribution in [0.3, 0.4) is 0 Å². The molecule has 4 rings (SSSR count). The molecular formula is C20H14N4O9S. The lowest BCUT2D eigenvalue weighted by Crippen LogP contribution is -2.40. The maximum atomic E-state index is 13.2. The van der Waals surface area contributed by atoms with E-state index in [9.17, 15) is 38.2 Å². The molecule has 0 bridgehead atoms. The van der Waals surface area contributed by atoms with Crippen molar-refractivity contribution in [2.45, 2.75) is 4.90 Å². The van der Waals surface area contributed by atoms with Crippen LogP contribution in [0.25, 0.3) is 10.8 Å². The van der Waals surface area contributed by atoms with Gasteiger partial charge in [0.2, 0.25) is 10.0 Å². The first-order chi connectivity index (χ1) is 16.1. The Hall–Kier alpha value is -4.27. The molecule has 1 heterocycles. The fourth-order valence-corrected chi connectivity index (χ4v) is 4.75. The first-order valence-corrected chi connectivity index (χ1v) is 11.0. The molecule has 14 heteroatoms. The minimum absolute atomic E-state index is 0.0200. The summed E-state index contributed by atoms with van der Waals surface area (Å²) in [5.41, 5.74) is -1.52. The molecule has 0 aromatic heterocycles. The number of nitrogens with one attached hydrogen (secondary N) is 1. The van der Waals surface area contributed by atoms with Crippen molar-refractivity contribution in [3.05, 3.63) is 79.9 Å². The molecule has 1 aliphatic rings. The van der Waals surface area contributed by atoms with Gasteiger partial charge in [0.1, 0.15) is 5.39 Å². The number of aliphatic hydroxyl groups is 1. The van der Waals surface area contributed by atoms with Crippen LogP contribution in [0.15, 0.2) is 53.4 Å². The number of non-ortho nitro benzene ring substituents is 2. The standard InChI is InChI=1S/C20H14N4O9S/c25-10-9-21-34(32,33)12-3-1-11(2-4-12)22-19(26)13-5-7-15(23(28)29)18-16(24(30)31)8-6-14(17(13)18)20(22)27/h1-8,21,25H,9-10H2. The number of nitro benzene ring substituents is 2. The number of hydrogen-bond acceptors (Lipinski definition) is 9. The van der Waals surface area contributed by atoms with Gasteiger partial charge in [-0.1, -0.05) is 0 Å². The second-order valence-corrected chi connectivity index (χ2v) is 8.86. The topological polar surface area (TPSA) is 190 Å². The molecule has 0 saturated heterocycles. The zero-order valence-corrected chi connectivity index (χ0v) is 17.8. The fourth-order valence-electron chi connectivity index (χ4n) is 3.73. The van der Waals surface area contributed by atoms with Crippen LogP contribution >= 0.6 is 0 Å². The Morgan fingerprint density at radius 1 is 0.824 bits per heavy atom. The van der Waals surface area contributed by atoms with Crippen molar-refractivity contribution in [2.75, 3.05) is 18.1 Å². The molecular weight excluding hydrogens is 472 g/mol. The van der Waals surface area contributed by atoms with Gasteiger partial charge in [0.15, 0.2) is 0 Å². The minimum atomic E-state index is -3.93. The van der Waals surface area contributed by atoms with E-state index in [4.69, 9.17) is 5.11 Å². The van der Waals surface area contributed by atoms with E-state index in [0.29, 0.717) is 0 Å². The van der Waals surface area contributed by atoms with Crippen molar-refractivity contribution < 1.29 is 33.0 Å². The number of sulfonamides is 1. The molecule has 34 heavy (non-hydrogen) atoms. The third-order valence-corrected chi connectivity index (χ3v) is 6.66. The molecule has 2 amide bonds. The Kier molecular flexibility index (Phi) is 5.56. The Labute approximate surface area is 190 Å². The van der Waals surface area contributed by atoms with Crippen molar-refractivity contribution in [3.63, 3.8) is 0 Å². The molecule has 3 aromatic carbocycles. The van der Waals surface area contributed by atoms with E-state index >= 15 is 0 Å². The first-order valence-electron chi connectivity index (χ1n) is 9.56. The number of nitro groups is 2. The molecule has 3 aromatic rings. The number of carbonyl (C=O) groups excluding carboxylic acids is 2. The maximum absolute atomic E-state index is 13.2. The summed E-state index contributed by atoms with van der Waals surface area (Å²) in [6, 6.07) is 8.93. The molecule has 2 N–H and O–H groups in total. The van der Waals surface area contributed by atoms with Gasteiger partial charge in [-0.25, -0.2) is 18.0 Å². The van der Waals surface area contributed by atoms with E-state index in [1.54, 1.807) is 0 Å². The third-order valence-electron chi connectivity index (χ3n) is 5.19. The van der Waals surface area contributed by atoms with E-state index in [1.165, 1.54) is 12.1 Å². The predicted molar refractivity (Wildman–Crippen MR) is 117 cm³/mol. The van der Waals surface area contributed by atoms with Crippen molar-refractivity contribution in [2.24, 2.45) is 0 Å². The molecule has 13 nitrogen and oxygen atoms in total. The number of rotatable bonds is 7. The van der Waals surface area contributed by atoms with Crippen LogP contribution in [-0.4, -0.2) is 48.3 Å². The molecule has 1 aliphatic heterocycles. The van der Waals surface area contributed by atoms with E-state index in [-0.39, 0.29) is 33.6 Å². The maximum Gasteiger partial charge on any atom is 0.284 e. The number of amides is 2. The number of anilines is 1. The highest BCUT2D eigenvalue weighted by molar-refractivity contribution is 7.89.